The lowest BCUT2D eigenvalue weighted by molar-refractivity contribution is -0.131. The minimum atomic E-state index is -0.867. The van der Waals surface area contributed by atoms with E-state index in [1.807, 2.05) is 13.8 Å². The smallest absolute Gasteiger partial charge is 0.242 e. The minimum absolute atomic E-state index is 0.129. The molecule has 0 saturated heterocycles. The van der Waals surface area contributed by atoms with Crippen LogP contribution < -0.4 is 16.4 Å². The molecule has 1 aliphatic rings. The molecule has 5 heteroatoms. The molecule has 2 amide bonds. The molecule has 1 rings (SSSR count). The number of nitrogens with two attached hydrogens (primary N) is 1. The van der Waals surface area contributed by atoms with E-state index in [2.05, 4.69) is 10.6 Å². The molecule has 0 aromatic rings. The second kappa shape index (κ2) is 5.49. The molecule has 0 aromatic carbocycles. The van der Waals surface area contributed by atoms with E-state index in [9.17, 15) is 9.59 Å². The average molecular weight is 241 g/mol. The summed E-state index contributed by atoms with van der Waals surface area (Å²) in [5.41, 5.74) is 5.09. The van der Waals surface area contributed by atoms with Crippen molar-refractivity contribution in [1.29, 1.82) is 0 Å². The van der Waals surface area contributed by atoms with Gasteiger partial charge in [-0.2, -0.15) is 0 Å². The number of hydrogen-bond acceptors (Lipinski definition) is 3. The van der Waals surface area contributed by atoms with E-state index in [1.165, 1.54) is 0 Å². The molecule has 0 spiro atoms. The third kappa shape index (κ3) is 3.70. The first-order chi connectivity index (χ1) is 7.92. The predicted molar refractivity (Wildman–Crippen MR) is 66.3 cm³/mol. The van der Waals surface area contributed by atoms with E-state index in [0.717, 1.165) is 12.8 Å². The van der Waals surface area contributed by atoms with Gasteiger partial charge in [-0.1, -0.05) is 13.8 Å². The van der Waals surface area contributed by atoms with Gasteiger partial charge in [0, 0.05) is 6.04 Å². The standard InChI is InChI=1S/C12H23N3O2/c1-4-12(13,5-2)11(17)14-8(3)10(16)15-9-6-7-9/h8-9H,4-7,13H2,1-3H3,(H,14,17)(H,15,16). The highest BCUT2D eigenvalue weighted by molar-refractivity contribution is 5.91. The van der Waals surface area contributed by atoms with Gasteiger partial charge in [-0.25, -0.2) is 0 Å². The molecule has 98 valence electrons. The van der Waals surface area contributed by atoms with Crippen LogP contribution >= 0.6 is 0 Å². The van der Waals surface area contributed by atoms with Gasteiger partial charge in [-0.05, 0) is 32.6 Å². The van der Waals surface area contributed by atoms with Crippen LogP contribution in [0.4, 0.5) is 0 Å². The maximum absolute atomic E-state index is 11.9. The molecule has 0 bridgehead atoms. The maximum Gasteiger partial charge on any atom is 0.242 e. The first kappa shape index (κ1) is 14.0. The Morgan fingerprint density at radius 2 is 1.88 bits per heavy atom. The molecule has 1 unspecified atom stereocenters. The summed E-state index contributed by atoms with van der Waals surface area (Å²) < 4.78 is 0. The van der Waals surface area contributed by atoms with Crippen molar-refractivity contribution in [1.82, 2.24) is 10.6 Å². The fraction of sp³-hybridized carbons (Fsp3) is 0.833. The third-order valence-corrected chi connectivity index (χ3v) is 3.38. The zero-order valence-electron chi connectivity index (χ0n) is 10.9. The SMILES string of the molecule is CCC(N)(CC)C(=O)NC(C)C(=O)NC1CC1. The van der Waals surface area contributed by atoms with Crippen LogP contribution in [0.15, 0.2) is 0 Å². The Bertz CT molecular complexity index is 296. The summed E-state index contributed by atoms with van der Waals surface area (Å²) in [5.74, 6) is -0.378. The number of nitrogens with one attached hydrogen (secondary N) is 2. The van der Waals surface area contributed by atoms with Crippen molar-refractivity contribution in [3.8, 4) is 0 Å². The number of rotatable bonds is 6. The first-order valence-corrected chi connectivity index (χ1v) is 6.33. The van der Waals surface area contributed by atoms with Crippen molar-refractivity contribution in [2.45, 2.75) is 64.1 Å². The molecule has 17 heavy (non-hydrogen) atoms. The summed E-state index contributed by atoms with van der Waals surface area (Å²) in [6, 6.07) is -0.217. The van der Waals surface area contributed by atoms with Crippen LogP contribution in [0, 0.1) is 0 Å². The van der Waals surface area contributed by atoms with Crippen LogP contribution in [0.5, 0.6) is 0 Å². The Labute approximate surface area is 103 Å². The van der Waals surface area contributed by atoms with Crippen molar-refractivity contribution in [2.24, 2.45) is 5.73 Å². The van der Waals surface area contributed by atoms with Crippen molar-refractivity contribution in [3.05, 3.63) is 0 Å². The molecule has 4 N–H and O–H groups in total. The molecule has 1 fully saturated rings. The Balaban J connectivity index is 2.45. The summed E-state index contributed by atoms with van der Waals surface area (Å²) in [7, 11) is 0. The van der Waals surface area contributed by atoms with E-state index >= 15 is 0 Å². The van der Waals surface area contributed by atoms with Crippen LogP contribution in [0.2, 0.25) is 0 Å². The van der Waals surface area contributed by atoms with Crippen molar-refractivity contribution in [3.63, 3.8) is 0 Å². The molecule has 1 atom stereocenters. The topological polar surface area (TPSA) is 84.2 Å². The Morgan fingerprint density at radius 1 is 1.35 bits per heavy atom. The van der Waals surface area contributed by atoms with Gasteiger partial charge in [0.2, 0.25) is 11.8 Å². The van der Waals surface area contributed by atoms with Gasteiger partial charge in [0.05, 0.1) is 5.54 Å². The summed E-state index contributed by atoms with van der Waals surface area (Å²) in [6.07, 6.45) is 3.20. The zero-order chi connectivity index (χ0) is 13.1. The first-order valence-electron chi connectivity index (χ1n) is 6.33. The van der Waals surface area contributed by atoms with Crippen molar-refractivity contribution >= 4 is 11.8 Å². The zero-order valence-corrected chi connectivity index (χ0v) is 10.9. The lowest BCUT2D eigenvalue weighted by Gasteiger charge is -2.27. The average Bonchev–Trinajstić information content (AvgIpc) is 3.11. The van der Waals surface area contributed by atoms with Crippen LogP contribution in [-0.4, -0.2) is 29.4 Å². The van der Waals surface area contributed by atoms with Gasteiger partial charge in [-0.15, -0.1) is 0 Å². The second-order valence-corrected chi connectivity index (χ2v) is 4.84. The number of amides is 2. The minimum Gasteiger partial charge on any atom is -0.352 e. The second-order valence-electron chi connectivity index (χ2n) is 4.84. The van der Waals surface area contributed by atoms with E-state index in [4.69, 9.17) is 5.73 Å². The molecule has 0 radical (unpaired) electrons. The fourth-order valence-corrected chi connectivity index (χ4v) is 1.53. The van der Waals surface area contributed by atoms with Crippen LogP contribution in [0.25, 0.3) is 0 Å². The fourth-order valence-electron chi connectivity index (χ4n) is 1.53. The highest BCUT2D eigenvalue weighted by Crippen LogP contribution is 2.18. The third-order valence-electron chi connectivity index (χ3n) is 3.38. The van der Waals surface area contributed by atoms with Crippen LogP contribution in [0.3, 0.4) is 0 Å². The van der Waals surface area contributed by atoms with Crippen molar-refractivity contribution in [2.75, 3.05) is 0 Å². The lowest BCUT2D eigenvalue weighted by Crippen LogP contribution is -2.57. The van der Waals surface area contributed by atoms with Gasteiger partial charge in [0.1, 0.15) is 6.04 Å². The molecule has 0 aliphatic heterocycles. The summed E-state index contributed by atoms with van der Waals surface area (Å²) in [5, 5.41) is 5.53. The highest BCUT2D eigenvalue weighted by Gasteiger charge is 2.32. The highest BCUT2D eigenvalue weighted by atomic mass is 16.2. The van der Waals surface area contributed by atoms with E-state index < -0.39 is 11.6 Å². The number of carbonyl (C=O) groups excluding carboxylic acids is 2. The monoisotopic (exact) mass is 241 g/mol. The van der Waals surface area contributed by atoms with Gasteiger partial charge >= 0.3 is 0 Å². The van der Waals surface area contributed by atoms with Crippen LogP contribution in [-0.2, 0) is 9.59 Å². The lowest BCUT2D eigenvalue weighted by atomic mass is 9.93. The molecule has 0 heterocycles. The summed E-state index contributed by atoms with van der Waals surface area (Å²) in [4.78, 5) is 23.6. The number of hydrogen-bond donors (Lipinski definition) is 3. The normalized spacial score (nSPS) is 17.4. The number of carbonyl (C=O) groups is 2. The molecule has 1 saturated carbocycles. The van der Waals surface area contributed by atoms with Gasteiger partial charge in [0.15, 0.2) is 0 Å². The Kier molecular flexibility index (Phi) is 4.51. The molecular formula is C12H23N3O2. The predicted octanol–water partition coefficient (Wildman–Crippen LogP) is 0.287. The largest absolute Gasteiger partial charge is 0.352 e. The van der Waals surface area contributed by atoms with Crippen molar-refractivity contribution < 1.29 is 9.59 Å². The quantitative estimate of drug-likeness (QED) is 0.625. The Morgan fingerprint density at radius 3 is 2.29 bits per heavy atom. The molecule has 0 aromatic heterocycles. The Hall–Kier alpha value is -1.10. The molecule has 1 aliphatic carbocycles. The van der Waals surface area contributed by atoms with Gasteiger partial charge in [-0.3, -0.25) is 9.59 Å². The van der Waals surface area contributed by atoms with E-state index in [0.29, 0.717) is 18.9 Å². The summed E-state index contributed by atoms with van der Waals surface area (Å²) >= 11 is 0. The maximum atomic E-state index is 11.9. The van der Waals surface area contributed by atoms with Gasteiger partial charge in [0.25, 0.3) is 0 Å². The van der Waals surface area contributed by atoms with Gasteiger partial charge < -0.3 is 16.4 Å². The van der Waals surface area contributed by atoms with E-state index in [1.54, 1.807) is 6.92 Å². The van der Waals surface area contributed by atoms with E-state index in [-0.39, 0.29) is 11.8 Å². The van der Waals surface area contributed by atoms with Crippen LogP contribution in [0.1, 0.15) is 46.5 Å². The molecule has 5 nitrogen and oxygen atoms in total. The molecular weight excluding hydrogens is 218 g/mol. The summed E-state index contributed by atoms with van der Waals surface area (Å²) in [6.45, 7) is 5.43.